The molecule has 1 amide bonds. The Morgan fingerprint density at radius 1 is 1.23 bits per heavy atom. The highest BCUT2D eigenvalue weighted by molar-refractivity contribution is 7.89. The maximum Gasteiger partial charge on any atom is 0.251 e. The van der Waals surface area contributed by atoms with Crippen molar-refractivity contribution in [2.24, 2.45) is 5.92 Å². The number of sulfonamides is 1. The molecule has 1 saturated heterocycles. The summed E-state index contributed by atoms with van der Waals surface area (Å²) < 4.78 is 32.2. The number of hydrogen-bond donors (Lipinski definition) is 1. The van der Waals surface area contributed by atoms with Gasteiger partial charge < -0.3 is 10.1 Å². The molecule has 1 aliphatic heterocycles. The van der Waals surface area contributed by atoms with Crippen molar-refractivity contribution in [3.05, 3.63) is 28.8 Å². The second-order valence-corrected chi connectivity index (χ2v) is 9.32. The zero-order chi connectivity index (χ0) is 19.3. The molecule has 1 aromatic carbocycles. The van der Waals surface area contributed by atoms with Crippen LogP contribution in [0.3, 0.4) is 0 Å². The lowest BCUT2D eigenvalue weighted by atomic mass is 10.0. The van der Waals surface area contributed by atoms with E-state index in [4.69, 9.17) is 16.3 Å². The molecule has 1 aliphatic rings. The van der Waals surface area contributed by atoms with Gasteiger partial charge in [0.1, 0.15) is 4.90 Å². The van der Waals surface area contributed by atoms with Crippen LogP contribution >= 0.6 is 11.6 Å². The topological polar surface area (TPSA) is 75.7 Å². The molecule has 8 heteroatoms. The standard InChI is InChI=1S/C18H27ClN2O4S/c1-13(2)4-5-14(3)20-18(22)15-6-7-16(19)17(12-15)26(23,24)21-8-10-25-11-9-21/h6-7,12-14H,4-5,8-11H2,1-3H3,(H,20,22)/t14-/m1/s1. The van der Waals surface area contributed by atoms with E-state index >= 15 is 0 Å². The van der Waals surface area contributed by atoms with Gasteiger partial charge in [0.2, 0.25) is 10.0 Å². The van der Waals surface area contributed by atoms with Crippen molar-refractivity contribution < 1.29 is 17.9 Å². The third-order valence-electron chi connectivity index (χ3n) is 4.34. The third kappa shape index (κ3) is 5.42. The van der Waals surface area contributed by atoms with Crippen molar-refractivity contribution in [3.63, 3.8) is 0 Å². The van der Waals surface area contributed by atoms with Crippen molar-refractivity contribution in [3.8, 4) is 0 Å². The summed E-state index contributed by atoms with van der Waals surface area (Å²) in [5.41, 5.74) is 0.289. The number of morpholine rings is 1. The van der Waals surface area contributed by atoms with Crippen LogP contribution < -0.4 is 5.32 Å². The number of nitrogens with one attached hydrogen (secondary N) is 1. The number of ether oxygens (including phenoxy) is 1. The van der Waals surface area contributed by atoms with E-state index in [2.05, 4.69) is 19.2 Å². The van der Waals surface area contributed by atoms with E-state index in [1.54, 1.807) is 6.07 Å². The summed E-state index contributed by atoms with van der Waals surface area (Å²) in [4.78, 5) is 12.4. The average Bonchev–Trinajstić information content (AvgIpc) is 2.60. The van der Waals surface area contributed by atoms with E-state index < -0.39 is 10.0 Å². The van der Waals surface area contributed by atoms with Crippen molar-refractivity contribution in [2.45, 2.75) is 44.6 Å². The largest absolute Gasteiger partial charge is 0.379 e. The Labute approximate surface area is 160 Å². The molecule has 1 aromatic rings. The molecule has 2 rings (SSSR count). The van der Waals surface area contributed by atoms with Gasteiger partial charge in [-0.3, -0.25) is 4.79 Å². The monoisotopic (exact) mass is 402 g/mol. The van der Waals surface area contributed by atoms with Gasteiger partial charge in [0.25, 0.3) is 5.91 Å². The first-order chi connectivity index (χ1) is 12.2. The molecule has 0 radical (unpaired) electrons. The maximum atomic E-state index is 12.8. The Kier molecular flexibility index (Phi) is 7.46. The predicted molar refractivity (Wildman–Crippen MR) is 102 cm³/mol. The number of amides is 1. The fourth-order valence-corrected chi connectivity index (χ4v) is 4.64. The predicted octanol–water partition coefficient (Wildman–Crippen LogP) is 2.92. The first-order valence-corrected chi connectivity index (χ1v) is 10.7. The number of carbonyl (C=O) groups is 1. The molecule has 0 saturated carbocycles. The van der Waals surface area contributed by atoms with Gasteiger partial charge >= 0.3 is 0 Å². The second-order valence-electron chi connectivity index (χ2n) is 7.01. The molecule has 0 spiro atoms. The molecule has 0 aromatic heterocycles. The lowest BCUT2D eigenvalue weighted by Gasteiger charge is -2.26. The van der Waals surface area contributed by atoms with Crippen LogP contribution in [0.15, 0.2) is 23.1 Å². The highest BCUT2D eigenvalue weighted by Crippen LogP contribution is 2.26. The highest BCUT2D eigenvalue weighted by atomic mass is 35.5. The van der Waals surface area contributed by atoms with Gasteiger partial charge in [0.05, 0.1) is 18.2 Å². The molecule has 0 bridgehead atoms. The SMILES string of the molecule is CC(C)CC[C@@H](C)NC(=O)c1ccc(Cl)c(S(=O)(=O)N2CCOCC2)c1. The molecular formula is C18H27ClN2O4S. The quantitative estimate of drug-likeness (QED) is 0.760. The summed E-state index contributed by atoms with van der Waals surface area (Å²) in [5.74, 6) is 0.270. The van der Waals surface area contributed by atoms with Gasteiger partial charge in [-0.05, 0) is 43.9 Å². The Hall–Kier alpha value is -1.15. The van der Waals surface area contributed by atoms with Gasteiger partial charge in [-0.15, -0.1) is 0 Å². The van der Waals surface area contributed by atoms with E-state index in [1.165, 1.54) is 16.4 Å². The van der Waals surface area contributed by atoms with Crippen LogP contribution in [0.4, 0.5) is 0 Å². The molecule has 1 fully saturated rings. The van der Waals surface area contributed by atoms with Crippen LogP contribution in [-0.4, -0.2) is 51.0 Å². The van der Waals surface area contributed by atoms with Gasteiger partial charge in [-0.25, -0.2) is 8.42 Å². The second kappa shape index (κ2) is 9.17. The number of benzene rings is 1. The molecule has 6 nitrogen and oxygen atoms in total. The summed E-state index contributed by atoms with van der Waals surface area (Å²) in [7, 11) is -3.76. The summed E-state index contributed by atoms with van der Waals surface area (Å²) >= 11 is 6.13. The summed E-state index contributed by atoms with van der Waals surface area (Å²) in [6.07, 6.45) is 1.88. The van der Waals surface area contributed by atoms with E-state index in [9.17, 15) is 13.2 Å². The molecule has 1 heterocycles. The molecule has 1 atom stereocenters. The minimum absolute atomic E-state index is 0.0138. The van der Waals surface area contributed by atoms with Gasteiger partial charge in [0, 0.05) is 24.7 Å². The van der Waals surface area contributed by atoms with E-state index in [0.29, 0.717) is 19.1 Å². The number of hydrogen-bond acceptors (Lipinski definition) is 4. The molecule has 146 valence electrons. The summed E-state index contributed by atoms with van der Waals surface area (Å²) in [5, 5.41) is 3.03. The fraction of sp³-hybridized carbons (Fsp3) is 0.611. The van der Waals surface area contributed by atoms with Crippen molar-refractivity contribution in [1.82, 2.24) is 9.62 Å². The number of halogens is 1. The van der Waals surface area contributed by atoms with Crippen molar-refractivity contribution in [1.29, 1.82) is 0 Å². The zero-order valence-electron chi connectivity index (χ0n) is 15.5. The number of nitrogens with zero attached hydrogens (tertiary/aromatic N) is 1. The number of carbonyl (C=O) groups excluding carboxylic acids is 1. The van der Waals surface area contributed by atoms with Crippen LogP contribution in [0, 0.1) is 5.92 Å². The maximum absolute atomic E-state index is 12.8. The van der Waals surface area contributed by atoms with E-state index in [1.807, 2.05) is 6.92 Å². The smallest absolute Gasteiger partial charge is 0.251 e. The third-order valence-corrected chi connectivity index (χ3v) is 6.72. The Morgan fingerprint density at radius 3 is 2.50 bits per heavy atom. The minimum atomic E-state index is -3.76. The highest BCUT2D eigenvalue weighted by Gasteiger charge is 2.29. The average molecular weight is 403 g/mol. The van der Waals surface area contributed by atoms with Gasteiger partial charge in [-0.1, -0.05) is 25.4 Å². The molecular weight excluding hydrogens is 376 g/mol. The summed E-state index contributed by atoms with van der Waals surface area (Å²) in [6, 6.07) is 4.38. The van der Waals surface area contributed by atoms with Gasteiger partial charge in [0.15, 0.2) is 0 Å². The lowest BCUT2D eigenvalue weighted by molar-refractivity contribution is 0.0730. The normalized spacial score (nSPS) is 17.3. The van der Waals surface area contributed by atoms with Gasteiger partial charge in [-0.2, -0.15) is 4.31 Å². The molecule has 26 heavy (non-hydrogen) atoms. The summed E-state index contributed by atoms with van der Waals surface area (Å²) in [6.45, 7) is 7.48. The Morgan fingerprint density at radius 2 is 1.88 bits per heavy atom. The first kappa shape index (κ1) is 21.2. The van der Waals surface area contributed by atoms with E-state index in [0.717, 1.165) is 12.8 Å². The lowest BCUT2D eigenvalue weighted by Crippen LogP contribution is -2.40. The number of rotatable bonds is 7. The zero-order valence-corrected chi connectivity index (χ0v) is 17.1. The molecule has 0 unspecified atom stereocenters. The van der Waals surface area contributed by atoms with E-state index in [-0.39, 0.29) is 40.5 Å². The van der Waals surface area contributed by atoms with Crippen molar-refractivity contribution in [2.75, 3.05) is 26.3 Å². The molecule has 1 N–H and O–H groups in total. The van der Waals surface area contributed by atoms with Crippen LogP contribution in [0.1, 0.15) is 44.0 Å². The minimum Gasteiger partial charge on any atom is -0.379 e. The van der Waals surface area contributed by atoms with Crippen LogP contribution in [0.25, 0.3) is 0 Å². The Balaban J connectivity index is 2.17. The fourth-order valence-electron chi connectivity index (χ4n) is 2.73. The first-order valence-electron chi connectivity index (χ1n) is 8.90. The molecule has 0 aliphatic carbocycles. The van der Waals surface area contributed by atoms with Crippen LogP contribution in [0.5, 0.6) is 0 Å². The van der Waals surface area contributed by atoms with Crippen molar-refractivity contribution >= 4 is 27.5 Å². The van der Waals surface area contributed by atoms with Crippen LogP contribution in [0.2, 0.25) is 5.02 Å². The Bertz CT molecular complexity index is 731. The van der Waals surface area contributed by atoms with Crippen LogP contribution in [-0.2, 0) is 14.8 Å².